The molecular formula is C29H22N2O2. The topological polar surface area (TPSA) is 61.2 Å². The van der Waals surface area contributed by atoms with Gasteiger partial charge in [-0.25, -0.2) is 0 Å². The van der Waals surface area contributed by atoms with Gasteiger partial charge in [-0.2, -0.15) is 0 Å². The number of fused-ring (bicyclic) bond motifs is 4. The molecule has 1 amide bonds. The molecule has 0 saturated heterocycles. The van der Waals surface area contributed by atoms with Gasteiger partial charge in [-0.1, -0.05) is 54.1 Å². The lowest BCUT2D eigenvalue weighted by atomic mass is 10.0. The van der Waals surface area contributed by atoms with Gasteiger partial charge in [0.05, 0.1) is 17.3 Å². The molecule has 160 valence electrons. The minimum atomic E-state index is -0.421. The third kappa shape index (κ3) is 3.19. The Labute approximate surface area is 190 Å². The molecule has 0 atom stereocenters. The lowest BCUT2D eigenvalue weighted by molar-refractivity contribution is 0.100. The Morgan fingerprint density at radius 1 is 0.879 bits per heavy atom. The van der Waals surface area contributed by atoms with Gasteiger partial charge in [0.15, 0.2) is 0 Å². The predicted octanol–water partition coefficient (Wildman–Crippen LogP) is 6.66. The van der Waals surface area contributed by atoms with Gasteiger partial charge in [0.2, 0.25) is 5.91 Å². The summed E-state index contributed by atoms with van der Waals surface area (Å²) < 4.78 is 7.90. The lowest BCUT2D eigenvalue weighted by Gasteiger charge is -2.10. The maximum atomic E-state index is 12.3. The Morgan fingerprint density at radius 2 is 1.73 bits per heavy atom. The molecule has 6 aromatic rings. The second-order valence-corrected chi connectivity index (χ2v) is 8.54. The number of aromatic nitrogens is 1. The maximum Gasteiger partial charge on any atom is 0.249 e. The fourth-order valence-electron chi connectivity index (χ4n) is 4.81. The first-order valence-corrected chi connectivity index (χ1v) is 11.0. The molecule has 0 spiro atoms. The highest BCUT2D eigenvalue weighted by atomic mass is 16.3. The van der Waals surface area contributed by atoms with E-state index in [1.807, 2.05) is 24.3 Å². The number of hydrogen-bond donors (Lipinski definition) is 1. The number of aryl methyl sites for hydroxylation is 1. The molecule has 0 saturated carbocycles. The van der Waals surface area contributed by atoms with Crippen molar-refractivity contribution in [2.24, 2.45) is 5.73 Å². The first-order valence-electron chi connectivity index (χ1n) is 11.0. The van der Waals surface area contributed by atoms with E-state index in [2.05, 4.69) is 66.1 Å². The Bertz CT molecular complexity index is 1670. The van der Waals surface area contributed by atoms with Crippen molar-refractivity contribution in [2.45, 2.75) is 13.5 Å². The molecule has 4 aromatic carbocycles. The Kier molecular flexibility index (Phi) is 4.34. The summed E-state index contributed by atoms with van der Waals surface area (Å²) in [6.07, 6.45) is 1.68. The van der Waals surface area contributed by atoms with E-state index in [0.717, 1.165) is 33.1 Å². The van der Waals surface area contributed by atoms with E-state index in [1.165, 1.54) is 21.9 Å². The number of nitrogens with two attached hydrogens (primary N) is 1. The number of rotatable bonds is 4. The number of nitrogens with zero attached hydrogens (tertiary/aromatic N) is 1. The minimum Gasteiger partial charge on any atom is -0.464 e. The van der Waals surface area contributed by atoms with E-state index in [9.17, 15) is 4.79 Å². The number of benzene rings is 4. The Hall–Kier alpha value is -4.31. The lowest BCUT2D eigenvalue weighted by Crippen LogP contribution is -2.11. The Morgan fingerprint density at radius 3 is 2.55 bits per heavy atom. The van der Waals surface area contributed by atoms with Gasteiger partial charge in [0.25, 0.3) is 0 Å². The van der Waals surface area contributed by atoms with Gasteiger partial charge in [0, 0.05) is 28.4 Å². The van der Waals surface area contributed by atoms with Gasteiger partial charge < -0.3 is 14.7 Å². The average Bonchev–Trinajstić information content (AvgIpc) is 3.46. The first kappa shape index (κ1) is 19.4. The number of furan rings is 1. The number of carbonyl (C=O) groups excluding carboxylic acids is 1. The van der Waals surface area contributed by atoms with Crippen LogP contribution in [-0.2, 0) is 6.54 Å². The zero-order valence-electron chi connectivity index (χ0n) is 18.2. The monoisotopic (exact) mass is 430 g/mol. The van der Waals surface area contributed by atoms with Crippen molar-refractivity contribution in [3.63, 3.8) is 0 Å². The number of hydrogen-bond acceptors (Lipinski definition) is 2. The maximum absolute atomic E-state index is 12.3. The smallest absolute Gasteiger partial charge is 0.249 e. The van der Waals surface area contributed by atoms with Crippen LogP contribution in [0.25, 0.3) is 43.9 Å². The summed E-state index contributed by atoms with van der Waals surface area (Å²) in [6.45, 7) is 2.78. The van der Waals surface area contributed by atoms with Crippen molar-refractivity contribution >= 4 is 38.5 Å². The molecule has 2 N–H and O–H groups in total. The number of carbonyl (C=O) groups is 1. The minimum absolute atomic E-state index is 0.421. The van der Waals surface area contributed by atoms with Crippen molar-refractivity contribution in [2.75, 3.05) is 0 Å². The van der Waals surface area contributed by atoms with Crippen LogP contribution in [0.2, 0.25) is 0 Å². The van der Waals surface area contributed by atoms with Crippen LogP contribution in [0.5, 0.6) is 0 Å². The van der Waals surface area contributed by atoms with Gasteiger partial charge in [-0.3, -0.25) is 4.79 Å². The molecule has 0 fully saturated rings. The molecule has 0 aliphatic carbocycles. The van der Waals surface area contributed by atoms with Crippen molar-refractivity contribution in [3.8, 4) is 11.3 Å². The van der Waals surface area contributed by atoms with Crippen LogP contribution in [0.1, 0.15) is 21.5 Å². The molecule has 0 radical (unpaired) electrons. The molecule has 33 heavy (non-hydrogen) atoms. The van der Waals surface area contributed by atoms with Crippen LogP contribution in [0.4, 0.5) is 0 Å². The largest absolute Gasteiger partial charge is 0.464 e. The molecule has 6 rings (SSSR count). The van der Waals surface area contributed by atoms with Gasteiger partial charge in [-0.15, -0.1) is 0 Å². The fourth-order valence-corrected chi connectivity index (χ4v) is 4.81. The van der Waals surface area contributed by atoms with Gasteiger partial charge in [0.1, 0.15) is 5.76 Å². The molecule has 4 heteroatoms. The molecule has 0 bridgehead atoms. The summed E-state index contributed by atoms with van der Waals surface area (Å²) in [6, 6.07) is 28.9. The highest BCUT2D eigenvalue weighted by molar-refractivity contribution is 6.18. The van der Waals surface area contributed by atoms with Crippen molar-refractivity contribution in [1.29, 1.82) is 0 Å². The summed E-state index contributed by atoms with van der Waals surface area (Å²) in [5, 5.41) is 4.35. The summed E-state index contributed by atoms with van der Waals surface area (Å²) in [7, 11) is 0. The SMILES string of the molecule is Cc1ccc2cc(Cn3c4cc(-c5ccco5)ccc4c4c(C(N)=O)cccc43)ccc2c1. The number of amides is 1. The second kappa shape index (κ2) is 7.38. The molecule has 0 unspecified atom stereocenters. The van der Waals surface area contributed by atoms with Crippen molar-refractivity contribution in [3.05, 3.63) is 108 Å². The van der Waals surface area contributed by atoms with E-state index >= 15 is 0 Å². The average molecular weight is 431 g/mol. The van der Waals surface area contributed by atoms with E-state index in [0.29, 0.717) is 12.1 Å². The fraction of sp³-hybridized carbons (Fsp3) is 0.0690. The van der Waals surface area contributed by atoms with Crippen LogP contribution < -0.4 is 5.73 Å². The van der Waals surface area contributed by atoms with E-state index in [4.69, 9.17) is 10.2 Å². The van der Waals surface area contributed by atoms with Crippen LogP contribution >= 0.6 is 0 Å². The third-order valence-electron chi connectivity index (χ3n) is 6.36. The highest BCUT2D eigenvalue weighted by Crippen LogP contribution is 2.35. The molecule has 2 aromatic heterocycles. The molecule has 0 aliphatic rings. The normalized spacial score (nSPS) is 11.5. The molecule has 4 nitrogen and oxygen atoms in total. The van der Waals surface area contributed by atoms with Crippen molar-refractivity contribution < 1.29 is 9.21 Å². The summed E-state index contributed by atoms with van der Waals surface area (Å²) >= 11 is 0. The Balaban J connectivity index is 1.60. The predicted molar refractivity (Wildman–Crippen MR) is 133 cm³/mol. The number of primary amides is 1. The molecule has 2 heterocycles. The first-order chi connectivity index (χ1) is 16.1. The van der Waals surface area contributed by atoms with Crippen molar-refractivity contribution in [1.82, 2.24) is 4.57 Å². The standard InChI is InChI=1S/C29H22N2O2/c1-18-7-9-21-15-19(8-10-20(21)14-18)17-31-25-5-2-4-24(29(30)32)28(25)23-12-11-22(16-26(23)31)27-6-3-13-33-27/h2-16H,17H2,1H3,(H2,30,32). The quantitative estimate of drug-likeness (QED) is 0.340. The van der Waals surface area contributed by atoms with E-state index in [1.54, 1.807) is 12.3 Å². The second-order valence-electron chi connectivity index (χ2n) is 8.54. The highest BCUT2D eigenvalue weighted by Gasteiger charge is 2.17. The summed E-state index contributed by atoms with van der Waals surface area (Å²) in [5.74, 6) is 0.390. The van der Waals surface area contributed by atoms with E-state index < -0.39 is 5.91 Å². The van der Waals surface area contributed by atoms with Crippen LogP contribution in [0, 0.1) is 6.92 Å². The van der Waals surface area contributed by atoms with Crippen LogP contribution in [0.3, 0.4) is 0 Å². The zero-order chi connectivity index (χ0) is 22.5. The van der Waals surface area contributed by atoms with Gasteiger partial charge >= 0.3 is 0 Å². The zero-order valence-corrected chi connectivity index (χ0v) is 18.2. The molecular weight excluding hydrogens is 408 g/mol. The van der Waals surface area contributed by atoms with E-state index in [-0.39, 0.29) is 0 Å². The van der Waals surface area contributed by atoms with Gasteiger partial charge in [-0.05, 0) is 59.7 Å². The molecule has 0 aliphatic heterocycles. The van der Waals surface area contributed by atoms with Crippen LogP contribution in [-0.4, -0.2) is 10.5 Å². The summed E-state index contributed by atoms with van der Waals surface area (Å²) in [4.78, 5) is 12.3. The summed E-state index contributed by atoms with van der Waals surface area (Å²) in [5.41, 5.74) is 11.8. The third-order valence-corrected chi connectivity index (χ3v) is 6.36. The van der Waals surface area contributed by atoms with Crippen LogP contribution in [0.15, 0.2) is 95.6 Å².